The zero-order valence-corrected chi connectivity index (χ0v) is 21.7. The number of rotatable bonds is 11. The molecule has 1 atom stereocenters. The summed E-state index contributed by atoms with van der Waals surface area (Å²) < 4.78 is 10.8. The number of esters is 2. The Hall–Kier alpha value is -4.46. The fraction of sp³-hybridized carbons (Fsp3) is 0.290. The lowest BCUT2D eigenvalue weighted by Crippen LogP contribution is -2.42. The van der Waals surface area contributed by atoms with E-state index in [1.807, 2.05) is 72.8 Å². The minimum Gasteiger partial charge on any atom is -0.461 e. The first-order valence-corrected chi connectivity index (χ1v) is 13.1. The number of Topliss-reactive ketones (excluding diaryl/α,β-unsaturated/α-hetero) is 1. The third-order valence-electron chi connectivity index (χ3n) is 6.51. The molecule has 8 nitrogen and oxygen atoms in total. The standard InChI is InChI=1S/C31H32N2O6/c34-27-17-19-33(20-18-27)26-13-11-25(12-14-26)30(36)32-28(31(37)39-22-24-9-5-2-6-10-24)15-16-29(35)38-21-23-7-3-1-4-8-23/h1-14,28H,15-22H2,(H,32,36). The predicted octanol–water partition coefficient (Wildman–Crippen LogP) is 4.22. The molecule has 1 aliphatic heterocycles. The molecule has 0 aromatic heterocycles. The van der Waals surface area contributed by atoms with Gasteiger partial charge in [0.05, 0.1) is 0 Å². The average Bonchev–Trinajstić information content (AvgIpc) is 2.98. The maximum absolute atomic E-state index is 13.0. The second-order valence-corrected chi connectivity index (χ2v) is 9.38. The van der Waals surface area contributed by atoms with Crippen LogP contribution in [0.5, 0.6) is 0 Å². The largest absolute Gasteiger partial charge is 0.461 e. The number of carbonyl (C=O) groups excluding carboxylic acids is 4. The Balaban J connectivity index is 1.36. The summed E-state index contributed by atoms with van der Waals surface area (Å²) in [7, 11) is 0. The maximum atomic E-state index is 13.0. The summed E-state index contributed by atoms with van der Waals surface area (Å²) >= 11 is 0. The Morgan fingerprint density at radius 3 is 1.92 bits per heavy atom. The lowest BCUT2D eigenvalue weighted by Gasteiger charge is -2.28. The molecule has 3 aromatic carbocycles. The highest BCUT2D eigenvalue weighted by Gasteiger charge is 2.25. The predicted molar refractivity (Wildman–Crippen MR) is 146 cm³/mol. The van der Waals surface area contributed by atoms with Gasteiger partial charge >= 0.3 is 11.9 Å². The van der Waals surface area contributed by atoms with Gasteiger partial charge in [0.1, 0.15) is 25.0 Å². The van der Waals surface area contributed by atoms with Gasteiger partial charge < -0.3 is 19.7 Å². The van der Waals surface area contributed by atoms with Gasteiger partial charge in [-0.05, 0) is 41.8 Å². The number of hydrogen-bond acceptors (Lipinski definition) is 7. The Kier molecular flexibility index (Phi) is 9.83. The molecule has 4 rings (SSSR count). The quantitative estimate of drug-likeness (QED) is 0.372. The minimum absolute atomic E-state index is 0.0346. The van der Waals surface area contributed by atoms with E-state index in [2.05, 4.69) is 10.2 Å². The van der Waals surface area contributed by atoms with E-state index in [1.165, 1.54) is 0 Å². The van der Waals surface area contributed by atoms with Crippen LogP contribution in [-0.4, -0.2) is 42.8 Å². The fourth-order valence-corrected chi connectivity index (χ4v) is 4.23. The van der Waals surface area contributed by atoms with Gasteiger partial charge in [-0.3, -0.25) is 14.4 Å². The first-order valence-electron chi connectivity index (χ1n) is 13.1. The fourth-order valence-electron chi connectivity index (χ4n) is 4.23. The number of benzene rings is 3. The first kappa shape index (κ1) is 27.6. The van der Waals surface area contributed by atoms with Gasteiger partial charge in [-0.25, -0.2) is 4.79 Å². The van der Waals surface area contributed by atoms with E-state index in [9.17, 15) is 19.2 Å². The second kappa shape index (κ2) is 13.9. The summed E-state index contributed by atoms with van der Waals surface area (Å²) in [5.74, 6) is -1.29. The summed E-state index contributed by atoms with van der Waals surface area (Å²) in [4.78, 5) is 52.0. The number of amides is 1. The summed E-state index contributed by atoms with van der Waals surface area (Å²) in [6, 6.07) is 24.5. The third-order valence-corrected chi connectivity index (χ3v) is 6.51. The van der Waals surface area contributed by atoms with Gasteiger partial charge in [-0.1, -0.05) is 60.7 Å². The van der Waals surface area contributed by atoms with E-state index in [-0.39, 0.29) is 31.8 Å². The highest BCUT2D eigenvalue weighted by molar-refractivity contribution is 5.97. The van der Waals surface area contributed by atoms with Crippen molar-refractivity contribution >= 4 is 29.3 Å². The molecule has 1 unspecified atom stereocenters. The number of ketones is 1. The second-order valence-electron chi connectivity index (χ2n) is 9.38. The molecule has 1 N–H and O–H groups in total. The van der Waals surface area contributed by atoms with E-state index in [0.717, 1.165) is 16.8 Å². The number of anilines is 1. The van der Waals surface area contributed by atoms with Crippen LogP contribution in [-0.2, 0) is 37.1 Å². The number of nitrogens with zero attached hydrogens (tertiary/aromatic N) is 1. The molecule has 0 radical (unpaired) electrons. The topological polar surface area (TPSA) is 102 Å². The number of nitrogens with one attached hydrogen (secondary N) is 1. The average molecular weight is 529 g/mol. The molecule has 1 amide bonds. The molecule has 0 saturated carbocycles. The molecular formula is C31H32N2O6. The van der Waals surface area contributed by atoms with Gasteiger partial charge in [0.25, 0.3) is 5.91 Å². The molecule has 202 valence electrons. The van der Waals surface area contributed by atoms with Gasteiger partial charge in [0.2, 0.25) is 0 Å². The van der Waals surface area contributed by atoms with Crippen LogP contribution >= 0.6 is 0 Å². The van der Waals surface area contributed by atoms with E-state index >= 15 is 0 Å². The van der Waals surface area contributed by atoms with Gasteiger partial charge in [-0.15, -0.1) is 0 Å². The molecule has 1 heterocycles. The van der Waals surface area contributed by atoms with E-state index in [1.54, 1.807) is 12.1 Å². The molecule has 0 spiro atoms. The Labute approximate surface area is 227 Å². The number of ether oxygens (including phenoxy) is 2. The molecule has 0 aliphatic carbocycles. The van der Waals surface area contributed by atoms with Crippen molar-refractivity contribution in [1.29, 1.82) is 0 Å². The normalized spacial score (nSPS) is 13.8. The van der Waals surface area contributed by atoms with Crippen molar-refractivity contribution in [2.75, 3.05) is 18.0 Å². The van der Waals surface area contributed by atoms with E-state index in [0.29, 0.717) is 31.5 Å². The van der Waals surface area contributed by atoms with Crippen molar-refractivity contribution in [3.8, 4) is 0 Å². The van der Waals surface area contributed by atoms with Crippen LogP contribution < -0.4 is 10.2 Å². The van der Waals surface area contributed by atoms with Gasteiger partial charge in [0.15, 0.2) is 0 Å². The number of piperidine rings is 1. The van der Waals surface area contributed by atoms with Crippen LogP contribution in [0.2, 0.25) is 0 Å². The summed E-state index contributed by atoms with van der Waals surface area (Å²) in [6.07, 6.45) is 1.00. The SMILES string of the molecule is O=C1CCN(c2ccc(C(=O)NC(CCC(=O)OCc3ccccc3)C(=O)OCc3ccccc3)cc2)CC1. The van der Waals surface area contributed by atoms with Crippen molar-refractivity contribution in [3.63, 3.8) is 0 Å². The molecule has 8 heteroatoms. The van der Waals surface area contributed by atoms with Crippen LogP contribution in [0.3, 0.4) is 0 Å². The van der Waals surface area contributed by atoms with Crippen LogP contribution in [0.1, 0.15) is 47.2 Å². The number of hydrogen-bond donors (Lipinski definition) is 1. The zero-order chi connectivity index (χ0) is 27.5. The lowest BCUT2D eigenvalue weighted by atomic mass is 10.1. The smallest absolute Gasteiger partial charge is 0.328 e. The summed E-state index contributed by atoms with van der Waals surface area (Å²) in [6.45, 7) is 1.49. The molecule has 1 saturated heterocycles. The lowest BCUT2D eigenvalue weighted by molar-refractivity contribution is -0.148. The van der Waals surface area contributed by atoms with Crippen molar-refractivity contribution in [2.45, 2.75) is 44.9 Å². The highest BCUT2D eigenvalue weighted by atomic mass is 16.5. The van der Waals surface area contributed by atoms with E-state index in [4.69, 9.17) is 9.47 Å². The molecule has 0 bridgehead atoms. The van der Waals surface area contributed by atoms with Crippen molar-refractivity contribution in [2.24, 2.45) is 0 Å². The molecular weight excluding hydrogens is 496 g/mol. The highest BCUT2D eigenvalue weighted by Crippen LogP contribution is 2.19. The Morgan fingerprint density at radius 2 is 1.33 bits per heavy atom. The van der Waals surface area contributed by atoms with Crippen LogP contribution in [0.25, 0.3) is 0 Å². The van der Waals surface area contributed by atoms with Crippen LogP contribution in [0.15, 0.2) is 84.9 Å². The third kappa shape index (κ3) is 8.53. The molecule has 3 aromatic rings. The van der Waals surface area contributed by atoms with Crippen molar-refractivity contribution in [1.82, 2.24) is 5.32 Å². The van der Waals surface area contributed by atoms with E-state index < -0.39 is 23.9 Å². The first-order chi connectivity index (χ1) is 19.0. The molecule has 39 heavy (non-hydrogen) atoms. The van der Waals surface area contributed by atoms with Crippen molar-refractivity contribution < 1.29 is 28.7 Å². The summed E-state index contributed by atoms with van der Waals surface area (Å²) in [5.41, 5.74) is 2.98. The molecule has 1 fully saturated rings. The molecule has 1 aliphatic rings. The zero-order valence-electron chi connectivity index (χ0n) is 21.7. The van der Waals surface area contributed by atoms with Gasteiger partial charge in [0, 0.05) is 43.6 Å². The summed E-state index contributed by atoms with van der Waals surface area (Å²) in [5, 5.41) is 2.72. The maximum Gasteiger partial charge on any atom is 0.328 e. The number of carbonyl (C=O) groups is 4. The van der Waals surface area contributed by atoms with Crippen LogP contribution in [0.4, 0.5) is 5.69 Å². The minimum atomic E-state index is -1.03. The Morgan fingerprint density at radius 1 is 0.769 bits per heavy atom. The van der Waals surface area contributed by atoms with Crippen molar-refractivity contribution in [3.05, 3.63) is 102 Å². The van der Waals surface area contributed by atoms with Crippen LogP contribution in [0, 0.1) is 0 Å². The van der Waals surface area contributed by atoms with Gasteiger partial charge in [-0.2, -0.15) is 0 Å². The monoisotopic (exact) mass is 528 g/mol. The Bertz CT molecular complexity index is 1250.